The molecule has 9 heteroatoms. The number of halogens is 3. The summed E-state index contributed by atoms with van der Waals surface area (Å²) in [4.78, 5) is 26.8. The third kappa shape index (κ3) is 5.78. The number of hydrogen-bond acceptors (Lipinski definition) is 4. The van der Waals surface area contributed by atoms with Crippen molar-refractivity contribution in [3.63, 3.8) is 0 Å². The van der Waals surface area contributed by atoms with Crippen molar-refractivity contribution in [3.05, 3.63) is 66.0 Å². The zero-order valence-corrected chi connectivity index (χ0v) is 14.7. The summed E-state index contributed by atoms with van der Waals surface area (Å²) in [7, 11) is 0. The summed E-state index contributed by atoms with van der Waals surface area (Å²) < 4.78 is 31.7. The maximum atomic E-state index is 11.7. The Morgan fingerprint density at radius 1 is 1.11 bits per heavy atom. The van der Waals surface area contributed by atoms with Crippen LogP contribution in [0.4, 0.5) is 13.2 Å². The summed E-state index contributed by atoms with van der Waals surface area (Å²) >= 11 is 0. The van der Waals surface area contributed by atoms with Gasteiger partial charge in [-0.3, -0.25) is 14.7 Å². The van der Waals surface area contributed by atoms with Gasteiger partial charge >= 0.3 is 18.1 Å². The molecule has 1 saturated heterocycles. The number of nitrogens with zero attached hydrogens (tertiary/aromatic N) is 2. The fourth-order valence-electron chi connectivity index (χ4n) is 3.06. The first-order valence-corrected chi connectivity index (χ1v) is 8.42. The lowest BCUT2D eigenvalue weighted by molar-refractivity contribution is -0.192. The highest BCUT2D eigenvalue weighted by molar-refractivity contribution is 5.75. The Labute approximate surface area is 159 Å². The molecule has 150 valence electrons. The number of aliphatic carboxylic acids is 2. The van der Waals surface area contributed by atoms with E-state index in [0.717, 1.165) is 25.1 Å². The fourth-order valence-corrected chi connectivity index (χ4v) is 3.06. The second-order valence-corrected chi connectivity index (χ2v) is 6.22. The van der Waals surface area contributed by atoms with E-state index >= 15 is 0 Å². The van der Waals surface area contributed by atoms with E-state index in [4.69, 9.17) is 9.90 Å². The Morgan fingerprint density at radius 3 is 2.25 bits per heavy atom. The molecule has 2 heterocycles. The van der Waals surface area contributed by atoms with Gasteiger partial charge in [0.25, 0.3) is 0 Å². The average Bonchev–Trinajstić information content (AvgIpc) is 3.12. The van der Waals surface area contributed by atoms with E-state index in [9.17, 15) is 23.1 Å². The van der Waals surface area contributed by atoms with Crippen LogP contribution in [-0.2, 0) is 9.59 Å². The summed E-state index contributed by atoms with van der Waals surface area (Å²) in [6.45, 7) is 1.56. The predicted molar refractivity (Wildman–Crippen MR) is 93.7 cm³/mol. The van der Waals surface area contributed by atoms with E-state index in [1.165, 1.54) is 5.56 Å². The quantitative estimate of drug-likeness (QED) is 0.824. The van der Waals surface area contributed by atoms with Crippen LogP contribution in [0.15, 0.2) is 54.9 Å². The van der Waals surface area contributed by atoms with Crippen molar-refractivity contribution in [2.45, 2.75) is 24.6 Å². The Balaban J connectivity index is 0.000000345. The average molecular weight is 396 g/mol. The monoisotopic (exact) mass is 396 g/mol. The Bertz CT molecular complexity index is 785. The van der Waals surface area contributed by atoms with Crippen molar-refractivity contribution in [3.8, 4) is 0 Å². The molecule has 2 unspecified atom stereocenters. The number of alkyl halides is 3. The summed E-state index contributed by atoms with van der Waals surface area (Å²) in [6, 6.07) is 12.9. The minimum atomic E-state index is -5.08. The third-order valence-electron chi connectivity index (χ3n) is 4.33. The molecule has 28 heavy (non-hydrogen) atoms. The molecular formula is C19H19F3N2O4. The van der Waals surface area contributed by atoms with Crippen LogP contribution >= 0.6 is 0 Å². The van der Waals surface area contributed by atoms with Crippen molar-refractivity contribution in [1.82, 2.24) is 9.88 Å². The van der Waals surface area contributed by atoms with Crippen molar-refractivity contribution in [2.24, 2.45) is 0 Å². The summed E-state index contributed by atoms with van der Waals surface area (Å²) in [5.74, 6) is -3.18. The van der Waals surface area contributed by atoms with E-state index in [1.54, 1.807) is 6.20 Å². The lowest BCUT2D eigenvalue weighted by Gasteiger charge is -2.24. The van der Waals surface area contributed by atoms with Gasteiger partial charge in [-0.2, -0.15) is 13.2 Å². The summed E-state index contributed by atoms with van der Waals surface area (Å²) in [5, 5.41) is 16.7. The van der Waals surface area contributed by atoms with Crippen LogP contribution in [0.25, 0.3) is 0 Å². The van der Waals surface area contributed by atoms with Gasteiger partial charge in [-0.1, -0.05) is 36.4 Å². The van der Waals surface area contributed by atoms with Gasteiger partial charge in [0.1, 0.15) is 6.04 Å². The first kappa shape index (κ1) is 21.4. The molecule has 2 atom stereocenters. The lowest BCUT2D eigenvalue weighted by atomic mass is 10.0. The van der Waals surface area contributed by atoms with Crippen LogP contribution in [0, 0.1) is 0 Å². The molecule has 0 saturated carbocycles. The topological polar surface area (TPSA) is 90.7 Å². The number of aromatic nitrogens is 1. The molecule has 0 bridgehead atoms. The van der Waals surface area contributed by atoms with Crippen molar-refractivity contribution in [2.75, 3.05) is 13.1 Å². The van der Waals surface area contributed by atoms with E-state index in [2.05, 4.69) is 16.0 Å². The number of carboxylic acids is 2. The maximum absolute atomic E-state index is 11.7. The molecule has 0 spiro atoms. The molecule has 1 aromatic carbocycles. The van der Waals surface area contributed by atoms with Gasteiger partial charge in [0.2, 0.25) is 0 Å². The molecular weight excluding hydrogens is 377 g/mol. The zero-order chi connectivity index (χ0) is 20.7. The van der Waals surface area contributed by atoms with Crippen molar-refractivity contribution < 1.29 is 33.0 Å². The molecule has 6 nitrogen and oxygen atoms in total. The van der Waals surface area contributed by atoms with Crippen LogP contribution in [0.1, 0.15) is 29.5 Å². The van der Waals surface area contributed by atoms with E-state index < -0.39 is 24.2 Å². The van der Waals surface area contributed by atoms with Crippen LogP contribution < -0.4 is 0 Å². The molecule has 1 aliphatic rings. The van der Waals surface area contributed by atoms with Gasteiger partial charge in [-0.05, 0) is 36.1 Å². The van der Waals surface area contributed by atoms with E-state index in [0.29, 0.717) is 5.92 Å². The Kier molecular flexibility index (Phi) is 7.11. The first-order chi connectivity index (χ1) is 13.2. The number of likely N-dealkylation sites (tertiary alicyclic amines) is 1. The summed E-state index contributed by atoms with van der Waals surface area (Å²) in [5.41, 5.74) is 2.04. The van der Waals surface area contributed by atoms with Gasteiger partial charge in [-0.15, -0.1) is 0 Å². The second-order valence-electron chi connectivity index (χ2n) is 6.22. The van der Waals surface area contributed by atoms with Crippen LogP contribution in [0.5, 0.6) is 0 Å². The van der Waals surface area contributed by atoms with Crippen molar-refractivity contribution in [1.29, 1.82) is 0 Å². The SMILES string of the molecule is O=C(O)C(F)(F)F.O=C(O)C(c1ccccc1)N1CCC(c2cccnc2)C1. The van der Waals surface area contributed by atoms with Gasteiger partial charge in [-0.25, -0.2) is 4.79 Å². The Morgan fingerprint density at radius 2 is 1.75 bits per heavy atom. The molecule has 2 aromatic rings. The first-order valence-electron chi connectivity index (χ1n) is 8.42. The Hall–Kier alpha value is -2.94. The number of carboxylic acid groups (broad SMARTS) is 2. The molecule has 2 N–H and O–H groups in total. The van der Waals surface area contributed by atoms with E-state index in [1.807, 2.05) is 42.6 Å². The predicted octanol–water partition coefficient (Wildman–Crippen LogP) is 3.33. The smallest absolute Gasteiger partial charge is 0.480 e. The maximum Gasteiger partial charge on any atom is 0.490 e. The zero-order valence-electron chi connectivity index (χ0n) is 14.7. The number of hydrogen-bond donors (Lipinski definition) is 2. The van der Waals surface area contributed by atoms with Crippen LogP contribution in [0.2, 0.25) is 0 Å². The summed E-state index contributed by atoms with van der Waals surface area (Å²) in [6.07, 6.45) is -0.463. The van der Waals surface area contributed by atoms with Gasteiger partial charge in [0, 0.05) is 18.9 Å². The van der Waals surface area contributed by atoms with Crippen LogP contribution in [0.3, 0.4) is 0 Å². The number of rotatable bonds is 4. The van der Waals surface area contributed by atoms with Gasteiger partial charge in [0.05, 0.1) is 0 Å². The highest BCUT2D eigenvalue weighted by Gasteiger charge is 2.38. The minimum Gasteiger partial charge on any atom is -0.480 e. The molecule has 3 rings (SSSR count). The molecule has 1 fully saturated rings. The number of pyridine rings is 1. The number of carbonyl (C=O) groups is 2. The fraction of sp³-hybridized carbons (Fsp3) is 0.316. The molecule has 0 aliphatic carbocycles. The van der Waals surface area contributed by atoms with Crippen molar-refractivity contribution >= 4 is 11.9 Å². The largest absolute Gasteiger partial charge is 0.490 e. The van der Waals surface area contributed by atoms with Gasteiger partial charge in [0.15, 0.2) is 0 Å². The highest BCUT2D eigenvalue weighted by Crippen LogP contribution is 2.32. The lowest BCUT2D eigenvalue weighted by Crippen LogP contribution is -2.32. The normalized spacial score (nSPS) is 18.0. The van der Waals surface area contributed by atoms with Gasteiger partial charge < -0.3 is 10.2 Å². The molecule has 1 aliphatic heterocycles. The molecule has 0 amide bonds. The standard InChI is InChI=1S/C17H18N2O2.C2HF3O2/c20-17(21)16(13-5-2-1-3-6-13)19-10-8-15(12-19)14-7-4-9-18-11-14;3-2(4,5)1(6)7/h1-7,9,11,15-16H,8,10,12H2,(H,20,21);(H,6,7). The minimum absolute atomic E-state index is 0.365. The molecule has 1 aromatic heterocycles. The highest BCUT2D eigenvalue weighted by atomic mass is 19.4. The molecule has 0 radical (unpaired) electrons. The number of benzene rings is 1. The van der Waals surface area contributed by atoms with Crippen LogP contribution in [-0.4, -0.2) is 51.3 Å². The third-order valence-corrected chi connectivity index (χ3v) is 4.33. The second kappa shape index (κ2) is 9.32. The van der Waals surface area contributed by atoms with E-state index in [-0.39, 0.29) is 0 Å².